The largest absolute Gasteiger partial charge is 0.448 e. The number of nitrogens with zero attached hydrogens (tertiary/aromatic N) is 1. The summed E-state index contributed by atoms with van der Waals surface area (Å²) in [6, 6.07) is 9.62. The average Bonchev–Trinajstić information content (AvgIpc) is 3.15. The first-order chi connectivity index (χ1) is 11.6. The molecule has 0 fully saturated rings. The molecule has 1 aliphatic rings. The van der Waals surface area contributed by atoms with Crippen LogP contribution in [0.2, 0.25) is 0 Å². The van der Waals surface area contributed by atoms with Gasteiger partial charge in [0.15, 0.2) is 17.8 Å². The lowest BCUT2D eigenvalue weighted by Gasteiger charge is -2.16. The van der Waals surface area contributed by atoms with Gasteiger partial charge >= 0.3 is 0 Å². The highest BCUT2D eigenvalue weighted by atomic mass is 32.2. The molecule has 0 unspecified atom stereocenters. The number of ether oxygens (including phenoxy) is 2. The Morgan fingerprint density at radius 2 is 2.04 bits per heavy atom. The molecule has 3 aromatic rings. The van der Waals surface area contributed by atoms with Crippen molar-refractivity contribution in [1.82, 2.24) is 4.98 Å². The molecule has 0 bridgehead atoms. The second-order valence-corrected chi connectivity index (χ2v) is 7.48. The SMILES string of the molecule is CC1(C)Oc2c(C=O)ccc(NSc3cccc4scnc34)c2O1. The van der Waals surface area contributed by atoms with Crippen LogP contribution in [0.25, 0.3) is 10.2 Å². The van der Waals surface area contributed by atoms with E-state index in [1.54, 1.807) is 17.4 Å². The first-order valence-electron chi connectivity index (χ1n) is 7.33. The fraction of sp³-hybridized carbons (Fsp3) is 0.176. The zero-order valence-corrected chi connectivity index (χ0v) is 14.7. The van der Waals surface area contributed by atoms with Gasteiger partial charge in [-0.05, 0) is 36.2 Å². The number of thiazole rings is 1. The first kappa shape index (κ1) is 15.3. The molecule has 0 atom stereocenters. The van der Waals surface area contributed by atoms with Crippen molar-refractivity contribution < 1.29 is 14.3 Å². The van der Waals surface area contributed by atoms with E-state index in [2.05, 4.69) is 9.71 Å². The molecular weight excluding hydrogens is 344 g/mol. The first-order valence-corrected chi connectivity index (χ1v) is 9.02. The highest BCUT2D eigenvalue weighted by molar-refractivity contribution is 8.00. The van der Waals surface area contributed by atoms with Crippen molar-refractivity contribution in [3.8, 4) is 11.5 Å². The van der Waals surface area contributed by atoms with Crippen molar-refractivity contribution in [1.29, 1.82) is 0 Å². The summed E-state index contributed by atoms with van der Waals surface area (Å²) in [4.78, 5) is 16.7. The van der Waals surface area contributed by atoms with Gasteiger partial charge in [-0.1, -0.05) is 6.07 Å². The maximum atomic E-state index is 11.2. The Labute approximate surface area is 147 Å². The van der Waals surface area contributed by atoms with Gasteiger partial charge in [-0.25, -0.2) is 4.98 Å². The Hall–Kier alpha value is -2.25. The number of rotatable bonds is 4. The number of benzene rings is 2. The van der Waals surface area contributed by atoms with Crippen molar-refractivity contribution in [2.45, 2.75) is 24.5 Å². The van der Waals surface area contributed by atoms with Gasteiger partial charge in [-0.3, -0.25) is 4.79 Å². The van der Waals surface area contributed by atoms with Gasteiger partial charge in [0.25, 0.3) is 0 Å². The smallest absolute Gasteiger partial charge is 0.246 e. The molecule has 1 aliphatic heterocycles. The van der Waals surface area contributed by atoms with Crippen LogP contribution in [0.1, 0.15) is 24.2 Å². The molecule has 2 heterocycles. The Balaban J connectivity index is 1.66. The highest BCUT2D eigenvalue weighted by Crippen LogP contribution is 2.47. The van der Waals surface area contributed by atoms with Gasteiger partial charge in [-0.15, -0.1) is 11.3 Å². The van der Waals surface area contributed by atoms with Crippen LogP contribution in [0.4, 0.5) is 5.69 Å². The number of anilines is 1. The van der Waals surface area contributed by atoms with Gasteiger partial charge in [-0.2, -0.15) is 0 Å². The van der Waals surface area contributed by atoms with E-state index >= 15 is 0 Å². The summed E-state index contributed by atoms with van der Waals surface area (Å²) in [5, 5.41) is 0. The standard InChI is InChI=1S/C17H14N2O3S2/c1-17(2)21-15-10(8-20)6-7-11(16(15)22-17)19-24-13-5-3-4-12-14(13)18-9-23-12/h3-9,19H,1-2H3. The second-order valence-electron chi connectivity index (χ2n) is 5.74. The maximum Gasteiger partial charge on any atom is 0.246 e. The number of aromatic nitrogens is 1. The van der Waals surface area contributed by atoms with Crippen LogP contribution in [0.3, 0.4) is 0 Å². The van der Waals surface area contributed by atoms with Crippen molar-refractivity contribution in [3.63, 3.8) is 0 Å². The van der Waals surface area contributed by atoms with Crippen LogP contribution >= 0.6 is 23.3 Å². The van der Waals surface area contributed by atoms with Crippen LogP contribution in [-0.4, -0.2) is 17.1 Å². The van der Waals surface area contributed by atoms with Crippen LogP contribution in [0, 0.1) is 0 Å². The fourth-order valence-corrected chi connectivity index (χ4v) is 4.08. The number of nitrogens with one attached hydrogen (secondary N) is 1. The molecule has 0 saturated carbocycles. The third-order valence-electron chi connectivity index (χ3n) is 3.56. The molecule has 24 heavy (non-hydrogen) atoms. The summed E-state index contributed by atoms with van der Waals surface area (Å²) in [6.07, 6.45) is 0.774. The molecule has 5 nitrogen and oxygen atoms in total. The number of hydrogen-bond acceptors (Lipinski definition) is 7. The van der Waals surface area contributed by atoms with E-state index in [0.29, 0.717) is 17.1 Å². The predicted molar refractivity (Wildman–Crippen MR) is 96.3 cm³/mol. The van der Waals surface area contributed by atoms with E-state index in [1.165, 1.54) is 11.9 Å². The number of fused-ring (bicyclic) bond motifs is 2. The van der Waals surface area contributed by atoms with Crippen LogP contribution in [0.15, 0.2) is 40.7 Å². The molecule has 0 radical (unpaired) electrons. The highest BCUT2D eigenvalue weighted by Gasteiger charge is 2.35. The van der Waals surface area contributed by atoms with Crippen molar-refractivity contribution >= 4 is 45.5 Å². The van der Waals surface area contributed by atoms with Gasteiger partial charge < -0.3 is 14.2 Å². The normalized spacial score (nSPS) is 14.8. The molecule has 7 heteroatoms. The minimum Gasteiger partial charge on any atom is -0.448 e. The van der Waals surface area contributed by atoms with Crippen molar-refractivity contribution in [3.05, 3.63) is 41.4 Å². The van der Waals surface area contributed by atoms with Crippen molar-refractivity contribution in [2.24, 2.45) is 0 Å². The molecule has 0 spiro atoms. The summed E-state index contributed by atoms with van der Waals surface area (Å²) in [5.74, 6) is 0.243. The molecule has 0 amide bonds. The summed E-state index contributed by atoms with van der Waals surface area (Å²) in [5.41, 5.74) is 4.05. The fourth-order valence-electron chi connectivity index (χ4n) is 2.52. The summed E-state index contributed by atoms with van der Waals surface area (Å²) >= 11 is 3.07. The Morgan fingerprint density at radius 3 is 2.88 bits per heavy atom. The van der Waals surface area contributed by atoms with Crippen LogP contribution in [0.5, 0.6) is 11.5 Å². The lowest BCUT2D eigenvalue weighted by atomic mass is 10.2. The summed E-state index contributed by atoms with van der Waals surface area (Å²) in [6.45, 7) is 3.63. The molecule has 4 rings (SSSR count). The molecule has 122 valence electrons. The average molecular weight is 358 g/mol. The molecular formula is C17H14N2O3S2. The van der Waals surface area contributed by atoms with E-state index in [9.17, 15) is 4.79 Å². The minimum atomic E-state index is -0.794. The van der Waals surface area contributed by atoms with Crippen molar-refractivity contribution in [2.75, 3.05) is 4.72 Å². The monoisotopic (exact) mass is 358 g/mol. The third-order valence-corrected chi connectivity index (χ3v) is 5.23. The van der Waals surface area contributed by atoms with E-state index in [1.807, 2.05) is 43.6 Å². The molecule has 0 saturated heterocycles. The number of carbonyl (C=O) groups is 1. The number of para-hydroxylation sites is 1. The Morgan fingerprint density at radius 1 is 1.21 bits per heavy atom. The lowest BCUT2D eigenvalue weighted by molar-refractivity contribution is -0.0429. The van der Waals surface area contributed by atoms with Gasteiger partial charge in [0.2, 0.25) is 5.79 Å². The van der Waals surface area contributed by atoms with Crippen LogP contribution in [-0.2, 0) is 0 Å². The summed E-state index contributed by atoms with van der Waals surface area (Å²) < 4.78 is 16.0. The van der Waals surface area contributed by atoms with E-state index in [4.69, 9.17) is 9.47 Å². The third kappa shape index (κ3) is 2.59. The van der Waals surface area contributed by atoms with Crippen LogP contribution < -0.4 is 14.2 Å². The quantitative estimate of drug-likeness (QED) is 0.537. The predicted octanol–water partition coefficient (Wildman–Crippen LogP) is 4.74. The second kappa shape index (κ2) is 5.68. The maximum absolute atomic E-state index is 11.2. The van der Waals surface area contributed by atoms with Gasteiger partial charge in [0.1, 0.15) is 0 Å². The van der Waals surface area contributed by atoms with E-state index in [0.717, 1.165) is 27.1 Å². The molecule has 2 aromatic carbocycles. The summed E-state index contributed by atoms with van der Waals surface area (Å²) in [7, 11) is 0. The number of hydrogen-bond donors (Lipinski definition) is 1. The van der Waals surface area contributed by atoms with Gasteiger partial charge in [0, 0.05) is 13.8 Å². The molecule has 1 N–H and O–H groups in total. The molecule has 0 aliphatic carbocycles. The van der Waals surface area contributed by atoms with E-state index < -0.39 is 5.79 Å². The zero-order valence-electron chi connectivity index (χ0n) is 13.0. The molecule has 1 aromatic heterocycles. The number of aldehydes is 1. The van der Waals surface area contributed by atoms with Gasteiger partial charge in [0.05, 0.1) is 31.9 Å². The Bertz CT molecular complexity index is 937. The van der Waals surface area contributed by atoms with E-state index in [-0.39, 0.29) is 0 Å². The zero-order chi connectivity index (χ0) is 16.7. The topological polar surface area (TPSA) is 60.5 Å². The number of carbonyl (C=O) groups excluding carboxylic acids is 1. The Kier molecular flexibility index (Phi) is 3.62. The minimum absolute atomic E-state index is 0.479. The lowest BCUT2D eigenvalue weighted by Crippen LogP contribution is -2.30.